The summed E-state index contributed by atoms with van der Waals surface area (Å²) in [5.41, 5.74) is 5.47. The first kappa shape index (κ1) is 7.94. The fourth-order valence-corrected chi connectivity index (χ4v) is 1.10. The molecule has 60 valence electrons. The van der Waals surface area contributed by atoms with Gasteiger partial charge < -0.3 is 20.7 Å². The predicted molar refractivity (Wildman–Crippen MR) is 35.2 cm³/mol. The van der Waals surface area contributed by atoms with Crippen LogP contribution in [-0.4, -0.2) is 34.8 Å². The van der Waals surface area contributed by atoms with Gasteiger partial charge >= 0.3 is 0 Å². The van der Waals surface area contributed by atoms with E-state index in [1.165, 1.54) is 0 Å². The van der Waals surface area contributed by atoms with Crippen LogP contribution in [0.25, 0.3) is 0 Å². The molecule has 0 spiro atoms. The van der Waals surface area contributed by atoms with E-state index < -0.39 is 12.4 Å². The van der Waals surface area contributed by atoms with E-state index in [1.807, 2.05) is 0 Å². The van der Waals surface area contributed by atoms with Crippen molar-refractivity contribution >= 4 is 0 Å². The van der Waals surface area contributed by atoms with Gasteiger partial charge in [0.1, 0.15) is 0 Å². The third-order valence-corrected chi connectivity index (χ3v) is 1.77. The topological polar surface area (TPSA) is 75.7 Å². The van der Waals surface area contributed by atoms with Gasteiger partial charge in [-0.1, -0.05) is 0 Å². The molecule has 1 rings (SSSR count). The lowest BCUT2D eigenvalue weighted by molar-refractivity contribution is -0.198. The molecule has 4 atom stereocenters. The summed E-state index contributed by atoms with van der Waals surface area (Å²) in [6, 6.07) is -0.362. The standard InChI is InChI=1S/C6H13NO3/c1-3-6(9)4(7)2-5(8)10-3/h3-6,8-9H,2,7H2,1H3/t3?,4-,5+,6-/m1/s1. The van der Waals surface area contributed by atoms with Crippen LogP contribution < -0.4 is 5.73 Å². The van der Waals surface area contributed by atoms with Crippen molar-refractivity contribution in [2.75, 3.05) is 0 Å². The van der Waals surface area contributed by atoms with Gasteiger partial charge in [-0.05, 0) is 6.92 Å². The minimum absolute atomic E-state index is 0.311. The van der Waals surface area contributed by atoms with Crippen LogP contribution in [0.5, 0.6) is 0 Å². The molecule has 0 aromatic heterocycles. The van der Waals surface area contributed by atoms with Crippen molar-refractivity contribution in [2.24, 2.45) is 5.73 Å². The Morgan fingerprint density at radius 3 is 2.60 bits per heavy atom. The molecular formula is C6H13NO3. The van der Waals surface area contributed by atoms with Gasteiger partial charge in [-0.25, -0.2) is 0 Å². The Morgan fingerprint density at radius 1 is 1.50 bits per heavy atom. The molecule has 0 aromatic carbocycles. The summed E-state index contributed by atoms with van der Waals surface area (Å²) < 4.78 is 4.89. The molecule has 1 aliphatic heterocycles. The Kier molecular flexibility index (Phi) is 2.25. The minimum atomic E-state index is -0.812. The van der Waals surface area contributed by atoms with Crippen molar-refractivity contribution in [3.63, 3.8) is 0 Å². The van der Waals surface area contributed by atoms with Crippen molar-refractivity contribution in [3.05, 3.63) is 0 Å². The van der Waals surface area contributed by atoms with E-state index in [4.69, 9.17) is 15.6 Å². The van der Waals surface area contributed by atoms with Crippen molar-refractivity contribution in [1.82, 2.24) is 0 Å². The summed E-state index contributed by atoms with van der Waals surface area (Å²) in [5, 5.41) is 18.2. The smallest absolute Gasteiger partial charge is 0.156 e. The molecule has 0 aromatic rings. The lowest BCUT2D eigenvalue weighted by atomic mass is 10.0. The second kappa shape index (κ2) is 2.84. The van der Waals surface area contributed by atoms with E-state index in [0.29, 0.717) is 6.42 Å². The number of hydrogen-bond acceptors (Lipinski definition) is 4. The van der Waals surface area contributed by atoms with Gasteiger partial charge in [-0.2, -0.15) is 0 Å². The maximum atomic E-state index is 9.20. The number of hydrogen-bond donors (Lipinski definition) is 3. The van der Waals surface area contributed by atoms with E-state index in [1.54, 1.807) is 6.92 Å². The molecule has 1 unspecified atom stereocenters. The Labute approximate surface area is 59.6 Å². The van der Waals surface area contributed by atoms with Gasteiger partial charge in [-0.3, -0.25) is 0 Å². The second-order valence-corrected chi connectivity index (χ2v) is 2.69. The van der Waals surface area contributed by atoms with Crippen LogP contribution in [0.3, 0.4) is 0 Å². The van der Waals surface area contributed by atoms with E-state index in [2.05, 4.69) is 0 Å². The van der Waals surface area contributed by atoms with Crippen LogP contribution >= 0.6 is 0 Å². The SMILES string of the molecule is CC1O[C@H](O)C[C@@H](N)[C@@H]1O. The molecule has 0 radical (unpaired) electrons. The Hall–Kier alpha value is -0.160. The summed E-state index contributed by atoms with van der Waals surface area (Å²) in [4.78, 5) is 0. The molecule has 0 aliphatic carbocycles. The lowest BCUT2D eigenvalue weighted by Gasteiger charge is -2.33. The predicted octanol–water partition coefficient (Wildman–Crippen LogP) is -1.20. The quantitative estimate of drug-likeness (QED) is 0.402. The summed E-state index contributed by atoms with van der Waals surface area (Å²) >= 11 is 0. The molecular weight excluding hydrogens is 134 g/mol. The van der Waals surface area contributed by atoms with Gasteiger partial charge in [0.25, 0.3) is 0 Å². The first-order valence-electron chi connectivity index (χ1n) is 3.38. The number of ether oxygens (including phenoxy) is 1. The number of aliphatic hydroxyl groups excluding tert-OH is 2. The third kappa shape index (κ3) is 1.46. The molecule has 1 saturated heterocycles. The second-order valence-electron chi connectivity index (χ2n) is 2.69. The van der Waals surface area contributed by atoms with Crippen LogP contribution in [0.2, 0.25) is 0 Å². The van der Waals surface area contributed by atoms with Gasteiger partial charge in [-0.15, -0.1) is 0 Å². The van der Waals surface area contributed by atoms with E-state index in [-0.39, 0.29) is 12.1 Å². The largest absolute Gasteiger partial charge is 0.389 e. The number of aliphatic hydroxyl groups is 2. The van der Waals surface area contributed by atoms with Gasteiger partial charge in [0.05, 0.1) is 12.2 Å². The average Bonchev–Trinajstić information content (AvgIpc) is 1.82. The van der Waals surface area contributed by atoms with E-state index in [9.17, 15) is 5.11 Å². The van der Waals surface area contributed by atoms with Crippen LogP contribution in [0.15, 0.2) is 0 Å². The summed E-state index contributed by atoms with van der Waals surface area (Å²) in [6.07, 6.45) is -1.51. The van der Waals surface area contributed by atoms with Crippen LogP contribution in [0, 0.1) is 0 Å². The monoisotopic (exact) mass is 147 g/mol. The molecule has 0 bridgehead atoms. The zero-order valence-electron chi connectivity index (χ0n) is 5.90. The molecule has 0 saturated carbocycles. The summed E-state index contributed by atoms with van der Waals surface area (Å²) in [7, 11) is 0. The lowest BCUT2D eigenvalue weighted by Crippen LogP contribution is -2.51. The maximum absolute atomic E-state index is 9.20. The minimum Gasteiger partial charge on any atom is -0.389 e. The highest BCUT2D eigenvalue weighted by Gasteiger charge is 2.31. The fraction of sp³-hybridized carbons (Fsp3) is 1.00. The van der Waals surface area contributed by atoms with Gasteiger partial charge in [0.15, 0.2) is 6.29 Å². The molecule has 4 heteroatoms. The molecule has 4 N–H and O–H groups in total. The first-order chi connectivity index (χ1) is 4.61. The Balaban J connectivity index is 2.49. The van der Waals surface area contributed by atoms with E-state index >= 15 is 0 Å². The Bertz CT molecular complexity index is 108. The Morgan fingerprint density at radius 2 is 2.10 bits per heavy atom. The first-order valence-corrected chi connectivity index (χ1v) is 3.38. The maximum Gasteiger partial charge on any atom is 0.156 e. The molecule has 1 heterocycles. The van der Waals surface area contributed by atoms with Crippen LogP contribution in [0.4, 0.5) is 0 Å². The van der Waals surface area contributed by atoms with Crippen LogP contribution in [0.1, 0.15) is 13.3 Å². The molecule has 10 heavy (non-hydrogen) atoms. The zero-order chi connectivity index (χ0) is 7.72. The summed E-state index contributed by atoms with van der Waals surface area (Å²) in [5.74, 6) is 0. The van der Waals surface area contributed by atoms with Crippen LogP contribution in [-0.2, 0) is 4.74 Å². The molecule has 4 nitrogen and oxygen atoms in total. The van der Waals surface area contributed by atoms with Crippen molar-refractivity contribution in [3.8, 4) is 0 Å². The van der Waals surface area contributed by atoms with Gasteiger partial charge in [0, 0.05) is 12.5 Å². The number of rotatable bonds is 0. The molecule has 0 amide bonds. The van der Waals surface area contributed by atoms with Crippen molar-refractivity contribution in [1.29, 1.82) is 0 Å². The molecule has 1 fully saturated rings. The highest BCUT2D eigenvalue weighted by molar-refractivity contribution is 4.82. The number of nitrogens with two attached hydrogens (primary N) is 1. The molecule has 1 aliphatic rings. The fourth-order valence-electron chi connectivity index (χ4n) is 1.10. The third-order valence-electron chi connectivity index (χ3n) is 1.77. The van der Waals surface area contributed by atoms with E-state index in [0.717, 1.165) is 0 Å². The highest BCUT2D eigenvalue weighted by Crippen LogP contribution is 2.16. The van der Waals surface area contributed by atoms with Crippen molar-refractivity contribution < 1.29 is 14.9 Å². The average molecular weight is 147 g/mol. The summed E-state index contributed by atoms with van der Waals surface area (Å²) in [6.45, 7) is 1.69. The normalized spacial score (nSPS) is 49.2. The van der Waals surface area contributed by atoms with Gasteiger partial charge in [0.2, 0.25) is 0 Å². The van der Waals surface area contributed by atoms with Crippen molar-refractivity contribution in [2.45, 2.75) is 37.9 Å². The highest BCUT2D eigenvalue weighted by atomic mass is 16.6. The zero-order valence-corrected chi connectivity index (χ0v) is 5.90.